The summed E-state index contributed by atoms with van der Waals surface area (Å²) in [5, 5.41) is 5.45. The van der Waals surface area contributed by atoms with Crippen LogP contribution >= 0.6 is 11.8 Å². The first kappa shape index (κ1) is 12.1. The number of rotatable bonds is 4. The van der Waals surface area contributed by atoms with E-state index in [-0.39, 0.29) is 0 Å². The highest BCUT2D eigenvalue weighted by atomic mass is 32.2. The molecule has 2 heterocycles. The molecule has 4 nitrogen and oxygen atoms in total. The fraction of sp³-hybridized carbons (Fsp3) is 0.417. The predicted molar refractivity (Wildman–Crippen MR) is 70.0 cm³/mol. The molecule has 0 aliphatic carbocycles. The number of anilines is 1. The van der Waals surface area contributed by atoms with E-state index < -0.39 is 0 Å². The maximum absolute atomic E-state index is 6.11. The lowest BCUT2D eigenvalue weighted by atomic mass is 10.1. The molecule has 2 N–H and O–H groups in total. The highest BCUT2D eigenvalue weighted by molar-refractivity contribution is 7.98. The van der Waals surface area contributed by atoms with Crippen molar-refractivity contribution in [3.8, 4) is 0 Å². The first-order chi connectivity index (χ1) is 8.09. The number of nitrogen functional groups attached to an aromatic ring is 1. The molecule has 0 aromatic carbocycles. The van der Waals surface area contributed by atoms with Crippen molar-refractivity contribution in [2.45, 2.75) is 30.5 Å². The lowest BCUT2D eigenvalue weighted by Gasteiger charge is -2.02. The van der Waals surface area contributed by atoms with Gasteiger partial charge in [-0.1, -0.05) is 25.6 Å². The first-order valence-electron chi connectivity index (χ1n) is 5.57. The Morgan fingerprint density at radius 3 is 2.82 bits per heavy atom. The van der Waals surface area contributed by atoms with Gasteiger partial charge in [0.2, 0.25) is 0 Å². The average Bonchev–Trinajstić information content (AvgIpc) is 2.86. The third kappa shape index (κ3) is 2.49. The average molecular weight is 251 g/mol. The number of aryl methyl sites for hydroxylation is 1. The van der Waals surface area contributed by atoms with Crippen molar-refractivity contribution in [1.82, 2.24) is 9.78 Å². The molecule has 0 saturated heterocycles. The Morgan fingerprint density at radius 1 is 1.53 bits per heavy atom. The summed E-state index contributed by atoms with van der Waals surface area (Å²) in [6.45, 7) is 4.19. The van der Waals surface area contributed by atoms with Gasteiger partial charge in [0.05, 0.1) is 23.4 Å². The van der Waals surface area contributed by atoms with Gasteiger partial charge < -0.3 is 10.2 Å². The number of furan rings is 1. The quantitative estimate of drug-likeness (QED) is 0.849. The first-order valence-corrected chi connectivity index (χ1v) is 6.55. The van der Waals surface area contributed by atoms with E-state index in [1.54, 1.807) is 18.0 Å². The van der Waals surface area contributed by atoms with Gasteiger partial charge in [-0.15, -0.1) is 0 Å². The van der Waals surface area contributed by atoms with Gasteiger partial charge in [-0.25, -0.2) is 0 Å². The third-order valence-corrected chi connectivity index (χ3v) is 3.72. The van der Waals surface area contributed by atoms with Crippen molar-refractivity contribution in [2.24, 2.45) is 7.05 Å². The van der Waals surface area contributed by atoms with Crippen LogP contribution in [0.15, 0.2) is 27.8 Å². The minimum absolute atomic E-state index is 0.346. The monoisotopic (exact) mass is 251 g/mol. The number of thioether (sulfide) groups is 1. The molecule has 2 aromatic rings. The van der Waals surface area contributed by atoms with E-state index >= 15 is 0 Å². The molecule has 0 saturated carbocycles. The van der Waals surface area contributed by atoms with Gasteiger partial charge in [0.15, 0.2) is 0 Å². The molecule has 0 amide bonds. The lowest BCUT2D eigenvalue weighted by Crippen LogP contribution is -1.94. The van der Waals surface area contributed by atoms with Crippen molar-refractivity contribution < 1.29 is 4.42 Å². The van der Waals surface area contributed by atoms with Crippen LogP contribution in [0.25, 0.3) is 0 Å². The summed E-state index contributed by atoms with van der Waals surface area (Å²) in [5.74, 6) is 2.06. The normalized spacial score (nSPS) is 11.3. The molecule has 0 spiro atoms. The Bertz CT molecular complexity index is 488. The number of hydrogen-bond donors (Lipinski definition) is 1. The van der Waals surface area contributed by atoms with Crippen LogP contribution in [0.2, 0.25) is 0 Å². The highest BCUT2D eigenvalue weighted by Gasteiger charge is 2.16. The summed E-state index contributed by atoms with van der Waals surface area (Å²) in [6, 6.07) is 3.85. The zero-order valence-corrected chi connectivity index (χ0v) is 11.1. The van der Waals surface area contributed by atoms with Crippen LogP contribution in [-0.4, -0.2) is 9.78 Å². The van der Waals surface area contributed by atoms with Crippen LogP contribution < -0.4 is 5.73 Å². The zero-order chi connectivity index (χ0) is 12.4. The van der Waals surface area contributed by atoms with Gasteiger partial charge in [-0.05, 0) is 18.1 Å². The zero-order valence-electron chi connectivity index (χ0n) is 10.3. The van der Waals surface area contributed by atoms with Crippen LogP contribution in [0.3, 0.4) is 0 Å². The largest absolute Gasteiger partial charge is 0.468 e. The van der Waals surface area contributed by atoms with Crippen LogP contribution in [0.5, 0.6) is 0 Å². The van der Waals surface area contributed by atoms with Crippen molar-refractivity contribution >= 4 is 17.4 Å². The fourth-order valence-corrected chi connectivity index (χ4v) is 2.61. The van der Waals surface area contributed by atoms with Crippen LogP contribution in [0, 0.1) is 0 Å². The Kier molecular flexibility index (Phi) is 3.47. The van der Waals surface area contributed by atoms with E-state index in [2.05, 4.69) is 18.9 Å². The molecule has 0 atom stereocenters. The maximum Gasteiger partial charge on any atom is 0.117 e. The third-order valence-electron chi connectivity index (χ3n) is 2.54. The van der Waals surface area contributed by atoms with Crippen LogP contribution in [-0.2, 0) is 12.8 Å². The summed E-state index contributed by atoms with van der Waals surface area (Å²) in [4.78, 5) is 0. The van der Waals surface area contributed by atoms with Crippen LogP contribution in [0.4, 0.5) is 5.69 Å². The Morgan fingerprint density at radius 2 is 2.29 bits per heavy atom. The molecule has 0 unspecified atom stereocenters. The topological polar surface area (TPSA) is 57.0 Å². The predicted octanol–water partition coefficient (Wildman–Crippen LogP) is 3.01. The SMILES string of the molecule is CC(C)c1nn(C)c(SCc2ccco2)c1N. The number of aromatic nitrogens is 2. The van der Waals surface area contributed by atoms with E-state index in [4.69, 9.17) is 10.2 Å². The van der Waals surface area contributed by atoms with Crippen LogP contribution in [0.1, 0.15) is 31.2 Å². The summed E-state index contributed by atoms with van der Waals surface area (Å²) < 4.78 is 7.14. The standard InChI is InChI=1S/C12H17N3OS/c1-8(2)11-10(13)12(15(3)14-11)17-7-9-5-4-6-16-9/h4-6,8H,7,13H2,1-3H3. The van der Waals surface area contributed by atoms with Gasteiger partial charge >= 0.3 is 0 Å². The van der Waals surface area contributed by atoms with Crippen molar-refractivity contribution in [1.29, 1.82) is 0 Å². The van der Waals surface area contributed by atoms with Gasteiger partial charge in [0, 0.05) is 7.05 Å². The van der Waals surface area contributed by atoms with E-state index in [9.17, 15) is 0 Å². The molecule has 17 heavy (non-hydrogen) atoms. The summed E-state index contributed by atoms with van der Waals surface area (Å²) in [7, 11) is 1.92. The highest BCUT2D eigenvalue weighted by Crippen LogP contribution is 2.32. The lowest BCUT2D eigenvalue weighted by molar-refractivity contribution is 0.530. The molecule has 92 valence electrons. The van der Waals surface area contributed by atoms with Gasteiger partial charge in [0.1, 0.15) is 10.8 Å². The summed E-state index contributed by atoms with van der Waals surface area (Å²) >= 11 is 1.65. The molecular formula is C12H17N3OS. The van der Waals surface area contributed by atoms with Gasteiger partial charge in [0.25, 0.3) is 0 Å². The van der Waals surface area contributed by atoms with E-state index in [0.717, 1.165) is 27.9 Å². The number of hydrogen-bond acceptors (Lipinski definition) is 4. The van der Waals surface area contributed by atoms with Gasteiger partial charge in [-0.2, -0.15) is 5.10 Å². The second-order valence-electron chi connectivity index (χ2n) is 4.25. The van der Waals surface area contributed by atoms with E-state index in [1.807, 2.05) is 23.9 Å². The van der Waals surface area contributed by atoms with E-state index in [0.29, 0.717) is 5.92 Å². The minimum Gasteiger partial charge on any atom is -0.468 e. The number of nitrogens with two attached hydrogens (primary N) is 1. The van der Waals surface area contributed by atoms with Gasteiger partial charge in [-0.3, -0.25) is 4.68 Å². The Hall–Kier alpha value is -1.36. The molecule has 0 aliphatic heterocycles. The summed E-state index contributed by atoms with van der Waals surface area (Å²) in [5.41, 5.74) is 7.87. The number of nitrogens with zero attached hydrogens (tertiary/aromatic N) is 2. The Labute approximate surface area is 105 Å². The molecule has 2 rings (SSSR count). The Balaban J connectivity index is 2.15. The molecular weight excluding hydrogens is 234 g/mol. The second kappa shape index (κ2) is 4.87. The molecule has 0 fully saturated rings. The molecule has 0 aliphatic rings. The molecule has 2 aromatic heterocycles. The van der Waals surface area contributed by atoms with Crippen molar-refractivity contribution in [3.63, 3.8) is 0 Å². The van der Waals surface area contributed by atoms with E-state index in [1.165, 1.54) is 0 Å². The minimum atomic E-state index is 0.346. The van der Waals surface area contributed by atoms with Crippen molar-refractivity contribution in [3.05, 3.63) is 29.9 Å². The maximum atomic E-state index is 6.11. The molecule has 0 radical (unpaired) electrons. The fourth-order valence-electron chi connectivity index (χ4n) is 1.68. The summed E-state index contributed by atoms with van der Waals surface area (Å²) in [6.07, 6.45) is 1.68. The molecule has 5 heteroatoms. The smallest absolute Gasteiger partial charge is 0.117 e. The second-order valence-corrected chi connectivity index (χ2v) is 5.21. The molecule has 0 bridgehead atoms. The van der Waals surface area contributed by atoms with Crippen molar-refractivity contribution in [2.75, 3.05) is 5.73 Å².